The molecule has 0 spiro atoms. The minimum absolute atomic E-state index is 0.0305. The van der Waals surface area contributed by atoms with Crippen LogP contribution in [0, 0.1) is 0 Å². The van der Waals surface area contributed by atoms with Crippen molar-refractivity contribution in [1.82, 2.24) is 24.6 Å². The number of hydrogen-bond donors (Lipinski definition) is 0. The lowest BCUT2D eigenvalue weighted by atomic mass is 9.98. The van der Waals surface area contributed by atoms with E-state index in [1.807, 2.05) is 83.1 Å². The Labute approximate surface area is 241 Å². The van der Waals surface area contributed by atoms with Crippen molar-refractivity contribution in [2.75, 3.05) is 7.11 Å². The maximum atomic E-state index is 13.9. The van der Waals surface area contributed by atoms with Gasteiger partial charge < -0.3 is 4.74 Å². The highest BCUT2D eigenvalue weighted by Gasteiger charge is 2.34. The van der Waals surface area contributed by atoms with Gasteiger partial charge in [0.2, 0.25) is 0 Å². The number of aromatic nitrogens is 4. The van der Waals surface area contributed by atoms with E-state index in [-0.39, 0.29) is 30.0 Å². The van der Waals surface area contributed by atoms with E-state index in [0.717, 1.165) is 32.8 Å². The summed E-state index contributed by atoms with van der Waals surface area (Å²) >= 11 is 3.48. The Kier molecular flexibility index (Phi) is 7.39. The summed E-state index contributed by atoms with van der Waals surface area (Å²) in [5.74, 6) is 0.441. The molecule has 5 rings (SSSR count). The van der Waals surface area contributed by atoms with Gasteiger partial charge in [0.25, 0.3) is 11.5 Å². The van der Waals surface area contributed by atoms with Gasteiger partial charge in [-0.3, -0.25) is 14.3 Å². The van der Waals surface area contributed by atoms with Gasteiger partial charge in [0, 0.05) is 16.3 Å². The van der Waals surface area contributed by atoms with Crippen LogP contribution in [0.5, 0.6) is 5.75 Å². The van der Waals surface area contributed by atoms with E-state index in [9.17, 15) is 9.59 Å². The summed E-state index contributed by atoms with van der Waals surface area (Å²) in [5, 5.41) is 16.1. The van der Waals surface area contributed by atoms with E-state index in [2.05, 4.69) is 26.1 Å². The first-order valence-electron chi connectivity index (χ1n) is 13.3. The molecule has 4 aromatic rings. The number of rotatable bonds is 6. The molecule has 0 saturated heterocycles. The summed E-state index contributed by atoms with van der Waals surface area (Å²) in [4.78, 5) is 27.6. The van der Waals surface area contributed by atoms with Crippen molar-refractivity contribution in [2.45, 2.75) is 65.1 Å². The number of amides is 1. The van der Waals surface area contributed by atoms with Crippen LogP contribution in [0.3, 0.4) is 0 Å². The van der Waals surface area contributed by atoms with Gasteiger partial charge in [0.05, 0.1) is 36.3 Å². The molecule has 40 heavy (non-hydrogen) atoms. The van der Waals surface area contributed by atoms with Crippen molar-refractivity contribution in [2.24, 2.45) is 5.10 Å². The Bertz CT molecular complexity index is 1650. The van der Waals surface area contributed by atoms with Crippen LogP contribution in [0.15, 0.2) is 69.1 Å². The van der Waals surface area contributed by atoms with E-state index in [0.29, 0.717) is 17.3 Å². The maximum Gasteiger partial charge on any atom is 0.293 e. The average molecular weight is 606 g/mol. The first-order valence-corrected chi connectivity index (χ1v) is 14.1. The summed E-state index contributed by atoms with van der Waals surface area (Å²) in [6.07, 6.45) is 2.24. The lowest BCUT2D eigenvalue weighted by Gasteiger charge is -2.23. The smallest absolute Gasteiger partial charge is 0.293 e. The molecule has 0 saturated carbocycles. The molecule has 0 aliphatic carbocycles. The third-order valence-corrected chi connectivity index (χ3v) is 7.55. The fraction of sp³-hybridized carbons (Fsp3) is 0.367. The van der Waals surface area contributed by atoms with Crippen molar-refractivity contribution in [3.63, 3.8) is 0 Å². The molecular formula is C30H33BrN6O3. The summed E-state index contributed by atoms with van der Waals surface area (Å²) in [6, 6.07) is 15.2. The van der Waals surface area contributed by atoms with E-state index in [4.69, 9.17) is 9.84 Å². The number of benzene rings is 2. The highest BCUT2D eigenvalue weighted by atomic mass is 79.9. The Morgan fingerprint density at radius 2 is 1.77 bits per heavy atom. The second kappa shape index (κ2) is 10.6. The minimum Gasteiger partial charge on any atom is -0.497 e. The summed E-state index contributed by atoms with van der Waals surface area (Å²) in [5.41, 5.74) is 3.07. The molecule has 0 N–H and O–H groups in total. The van der Waals surface area contributed by atoms with Crippen LogP contribution in [-0.4, -0.2) is 43.3 Å². The van der Waals surface area contributed by atoms with E-state index in [1.165, 1.54) is 9.69 Å². The SMILES string of the molecule is COc1ccc(C2CC(c3ccc(Br)cc3)=NN2C(=O)Cn2nc(C(C)C)c3cnn(C(C)(C)C)c3c2=O)cc1. The molecule has 9 nitrogen and oxygen atoms in total. The number of carbonyl (C=O) groups is 1. The highest BCUT2D eigenvalue weighted by Crippen LogP contribution is 2.34. The van der Waals surface area contributed by atoms with Crippen LogP contribution in [0.4, 0.5) is 0 Å². The normalized spacial score (nSPS) is 15.7. The van der Waals surface area contributed by atoms with Gasteiger partial charge in [-0.05, 0) is 62.1 Å². The Morgan fingerprint density at radius 3 is 2.38 bits per heavy atom. The van der Waals surface area contributed by atoms with Crippen molar-refractivity contribution in [3.8, 4) is 5.75 Å². The van der Waals surface area contributed by atoms with Gasteiger partial charge in [0.15, 0.2) is 0 Å². The molecule has 0 radical (unpaired) electrons. The van der Waals surface area contributed by atoms with Crippen LogP contribution in [0.2, 0.25) is 0 Å². The molecule has 1 aliphatic rings. The number of carbonyl (C=O) groups excluding carboxylic acids is 1. The zero-order valence-corrected chi connectivity index (χ0v) is 25.1. The van der Waals surface area contributed by atoms with Gasteiger partial charge in [-0.15, -0.1) is 0 Å². The fourth-order valence-electron chi connectivity index (χ4n) is 4.98. The predicted octanol–water partition coefficient (Wildman–Crippen LogP) is 5.62. The largest absolute Gasteiger partial charge is 0.497 e. The molecule has 1 amide bonds. The van der Waals surface area contributed by atoms with Crippen molar-refractivity contribution >= 4 is 38.5 Å². The molecule has 0 fully saturated rings. The molecular weight excluding hydrogens is 572 g/mol. The standard InChI is InChI=1S/C30H33BrN6O3/c1-18(2)27-23-16-32-37(30(3,4)5)28(23)29(39)35(34-27)17-26(38)36-25(20-9-13-22(40-6)14-10-20)15-24(33-36)19-7-11-21(31)12-8-19/h7-14,16,18,25H,15,17H2,1-6H3. The first-order chi connectivity index (χ1) is 19.0. The monoisotopic (exact) mass is 604 g/mol. The lowest BCUT2D eigenvalue weighted by Crippen LogP contribution is -2.37. The third kappa shape index (κ3) is 5.20. The number of halogens is 1. The molecule has 10 heteroatoms. The maximum absolute atomic E-state index is 13.9. The van der Waals surface area contributed by atoms with Crippen molar-refractivity contribution in [3.05, 3.63) is 86.4 Å². The molecule has 1 atom stereocenters. The van der Waals surface area contributed by atoms with E-state index in [1.54, 1.807) is 18.0 Å². The molecule has 208 valence electrons. The van der Waals surface area contributed by atoms with Gasteiger partial charge in [-0.1, -0.05) is 54.0 Å². The van der Waals surface area contributed by atoms with Gasteiger partial charge in [-0.2, -0.15) is 15.3 Å². The number of hydrazone groups is 1. The lowest BCUT2D eigenvalue weighted by molar-refractivity contribution is -0.133. The second-order valence-corrected chi connectivity index (χ2v) is 12.2. The van der Waals surface area contributed by atoms with Crippen LogP contribution in [0.25, 0.3) is 10.9 Å². The zero-order chi connectivity index (χ0) is 28.8. The molecule has 2 aromatic carbocycles. The Balaban J connectivity index is 1.56. The summed E-state index contributed by atoms with van der Waals surface area (Å²) in [6.45, 7) is 9.76. The number of ether oxygens (including phenoxy) is 1. The van der Waals surface area contributed by atoms with Crippen LogP contribution in [-0.2, 0) is 16.9 Å². The van der Waals surface area contributed by atoms with Crippen molar-refractivity contribution in [1.29, 1.82) is 0 Å². The zero-order valence-electron chi connectivity index (χ0n) is 23.6. The molecule has 1 aliphatic heterocycles. The minimum atomic E-state index is -0.420. The third-order valence-electron chi connectivity index (χ3n) is 7.02. The molecule has 1 unspecified atom stereocenters. The first kappa shape index (κ1) is 27.8. The van der Waals surface area contributed by atoms with Crippen LogP contribution >= 0.6 is 15.9 Å². The van der Waals surface area contributed by atoms with Crippen LogP contribution < -0.4 is 10.3 Å². The topological polar surface area (TPSA) is 94.6 Å². The highest BCUT2D eigenvalue weighted by molar-refractivity contribution is 9.10. The Morgan fingerprint density at radius 1 is 1.10 bits per heavy atom. The molecule has 2 aromatic heterocycles. The number of fused-ring (bicyclic) bond motifs is 1. The van der Waals surface area contributed by atoms with E-state index >= 15 is 0 Å². The Hall–Kier alpha value is -3.79. The fourth-order valence-corrected chi connectivity index (χ4v) is 5.24. The predicted molar refractivity (Wildman–Crippen MR) is 159 cm³/mol. The van der Waals surface area contributed by atoms with Gasteiger partial charge >= 0.3 is 0 Å². The summed E-state index contributed by atoms with van der Waals surface area (Å²) in [7, 11) is 1.62. The van der Waals surface area contributed by atoms with Gasteiger partial charge in [-0.25, -0.2) is 9.69 Å². The number of nitrogens with zero attached hydrogens (tertiary/aromatic N) is 6. The quantitative estimate of drug-likeness (QED) is 0.285. The van der Waals surface area contributed by atoms with Crippen molar-refractivity contribution < 1.29 is 9.53 Å². The van der Waals surface area contributed by atoms with Crippen LogP contribution in [0.1, 0.15) is 69.8 Å². The molecule has 0 bridgehead atoms. The van der Waals surface area contributed by atoms with Gasteiger partial charge in [0.1, 0.15) is 17.8 Å². The summed E-state index contributed by atoms with van der Waals surface area (Å²) < 4.78 is 9.28. The number of hydrogen-bond acceptors (Lipinski definition) is 6. The molecule has 3 heterocycles. The number of methoxy groups -OCH3 is 1. The average Bonchev–Trinajstić information content (AvgIpc) is 3.56. The van der Waals surface area contributed by atoms with E-state index < -0.39 is 5.54 Å². The second-order valence-electron chi connectivity index (χ2n) is 11.3.